The third kappa shape index (κ3) is 4.21. The van der Waals surface area contributed by atoms with Crippen molar-refractivity contribution in [3.8, 4) is 0 Å². The molecule has 0 spiro atoms. The van der Waals surface area contributed by atoms with E-state index in [1.54, 1.807) is 6.07 Å². The second kappa shape index (κ2) is 7.44. The van der Waals surface area contributed by atoms with Crippen LogP contribution in [0, 0.1) is 16.0 Å². The third-order valence-electron chi connectivity index (χ3n) is 3.31. The number of benzene rings is 1. The zero-order valence-electron chi connectivity index (χ0n) is 12.6. The Kier molecular flexibility index (Phi) is 5.91. The standard InChI is InChI=1S/C15H17NO6/c1-9(17)7-13(14(10(2)18)15(19)22-3)11-5-4-6-12(8-11)16(20)21/h4-6,8,13-14H,7H2,1-3H3. The molecule has 2 unspecified atom stereocenters. The number of rotatable bonds is 7. The second-order valence-corrected chi connectivity index (χ2v) is 4.98. The second-order valence-electron chi connectivity index (χ2n) is 4.98. The summed E-state index contributed by atoms with van der Waals surface area (Å²) in [6.45, 7) is 2.56. The van der Waals surface area contributed by atoms with Gasteiger partial charge in [0.2, 0.25) is 0 Å². The van der Waals surface area contributed by atoms with Gasteiger partial charge in [-0.15, -0.1) is 0 Å². The molecule has 0 bridgehead atoms. The number of Topliss-reactive ketones (excluding diaryl/α,β-unsaturated/α-hetero) is 2. The van der Waals surface area contributed by atoms with Crippen LogP contribution in [-0.2, 0) is 19.1 Å². The van der Waals surface area contributed by atoms with Crippen LogP contribution in [0.1, 0.15) is 31.7 Å². The summed E-state index contributed by atoms with van der Waals surface area (Å²) in [4.78, 5) is 45.5. The fourth-order valence-corrected chi connectivity index (χ4v) is 2.35. The number of nitrogens with zero attached hydrogens (tertiary/aromatic N) is 1. The minimum Gasteiger partial charge on any atom is -0.468 e. The monoisotopic (exact) mass is 307 g/mol. The molecule has 0 saturated carbocycles. The van der Waals surface area contributed by atoms with Crippen molar-refractivity contribution in [2.24, 2.45) is 5.92 Å². The van der Waals surface area contributed by atoms with Gasteiger partial charge < -0.3 is 9.53 Å². The van der Waals surface area contributed by atoms with Crippen molar-refractivity contribution in [1.82, 2.24) is 0 Å². The van der Waals surface area contributed by atoms with Gasteiger partial charge in [0.25, 0.3) is 5.69 Å². The largest absolute Gasteiger partial charge is 0.468 e. The summed E-state index contributed by atoms with van der Waals surface area (Å²) in [5.74, 6) is -3.40. The lowest BCUT2D eigenvalue weighted by Crippen LogP contribution is -2.31. The number of nitro groups is 1. The van der Waals surface area contributed by atoms with Crippen LogP contribution in [0.15, 0.2) is 24.3 Å². The van der Waals surface area contributed by atoms with Crippen molar-refractivity contribution < 1.29 is 24.0 Å². The highest BCUT2D eigenvalue weighted by molar-refractivity contribution is 5.99. The van der Waals surface area contributed by atoms with Gasteiger partial charge in [0.15, 0.2) is 0 Å². The quantitative estimate of drug-likeness (QED) is 0.330. The van der Waals surface area contributed by atoms with Crippen LogP contribution in [0.5, 0.6) is 0 Å². The SMILES string of the molecule is COC(=O)C(C(C)=O)C(CC(C)=O)c1cccc([N+](=O)[O-])c1. The van der Waals surface area contributed by atoms with E-state index in [1.165, 1.54) is 32.0 Å². The molecule has 0 N–H and O–H groups in total. The van der Waals surface area contributed by atoms with E-state index in [9.17, 15) is 24.5 Å². The summed E-state index contributed by atoms with van der Waals surface area (Å²) in [6.07, 6.45) is -0.0828. The lowest BCUT2D eigenvalue weighted by Gasteiger charge is -2.22. The Balaban J connectivity index is 3.35. The zero-order valence-corrected chi connectivity index (χ0v) is 12.6. The molecule has 0 aromatic heterocycles. The number of hydrogen-bond acceptors (Lipinski definition) is 6. The summed E-state index contributed by atoms with van der Waals surface area (Å²) >= 11 is 0. The Morgan fingerprint density at radius 2 is 1.91 bits per heavy atom. The van der Waals surface area contributed by atoms with Crippen molar-refractivity contribution in [1.29, 1.82) is 0 Å². The summed E-state index contributed by atoms with van der Waals surface area (Å²) in [6, 6.07) is 5.58. The fraction of sp³-hybridized carbons (Fsp3) is 0.400. The highest BCUT2D eigenvalue weighted by Gasteiger charge is 2.35. The molecule has 1 aromatic carbocycles. The van der Waals surface area contributed by atoms with Gasteiger partial charge in [-0.3, -0.25) is 19.7 Å². The molecular weight excluding hydrogens is 290 g/mol. The summed E-state index contributed by atoms with van der Waals surface area (Å²) in [7, 11) is 1.15. The van der Waals surface area contributed by atoms with Crippen LogP contribution in [0.4, 0.5) is 5.69 Å². The van der Waals surface area contributed by atoms with Gasteiger partial charge in [-0.05, 0) is 19.4 Å². The molecule has 22 heavy (non-hydrogen) atoms. The van der Waals surface area contributed by atoms with Gasteiger partial charge in [0, 0.05) is 24.5 Å². The number of carbonyl (C=O) groups excluding carboxylic acids is 3. The Bertz CT molecular complexity index is 610. The number of nitro benzene ring substituents is 1. The van der Waals surface area contributed by atoms with Crippen LogP contribution in [0.2, 0.25) is 0 Å². The summed E-state index contributed by atoms with van der Waals surface area (Å²) < 4.78 is 4.63. The molecule has 1 rings (SSSR count). The highest BCUT2D eigenvalue weighted by atomic mass is 16.6. The number of carbonyl (C=O) groups is 3. The molecule has 0 saturated heterocycles. The van der Waals surface area contributed by atoms with E-state index in [2.05, 4.69) is 4.74 Å². The van der Waals surface area contributed by atoms with Gasteiger partial charge in [0.1, 0.15) is 17.5 Å². The number of ketones is 2. The maximum absolute atomic E-state index is 11.9. The van der Waals surface area contributed by atoms with Crippen LogP contribution in [-0.4, -0.2) is 29.6 Å². The van der Waals surface area contributed by atoms with Crippen LogP contribution in [0.3, 0.4) is 0 Å². The van der Waals surface area contributed by atoms with E-state index >= 15 is 0 Å². The zero-order chi connectivity index (χ0) is 16.9. The lowest BCUT2D eigenvalue weighted by atomic mass is 9.80. The number of esters is 1. The molecule has 0 amide bonds. The predicted octanol–water partition coefficient (Wildman–Crippen LogP) is 2.04. The first kappa shape index (κ1) is 17.5. The van der Waals surface area contributed by atoms with E-state index in [0.29, 0.717) is 5.56 Å². The first-order valence-electron chi connectivity index (χ1n) is 6.60. The average molecular weight is 307 g/mol. The minimum atomic E-state index is -1.17. The molecule has 2 atom stereocenters. The van der Waals surface area contributed by atoms with Gasteiger partial charge in [-0.2, -0.15) is 0 Å². The fourth-order valence-electron chi connectivity index (χ4n) is 2.35. The molecule has 0 radical (unpaired) electrons. The number of ether oxygens (including phenoxy) is 1. The molecule has 0 aliphatic heterocycles. The third-order valence-corrected chi connectivity index (χ3v) is 3.31. The minimum absolute atomic E-state index is 0.0828. The lowest BCUT2D eigenvalue weighted by molar-refractivity contribution is -0.384. The molecule has 0 aliphatic carbocycles. The van der Waals surface area contributed by atoms with Crippen molar-refractivity contribution in [2.45, 2.75) is 26.2 Å². The molecule has 118 valence electrons. The maximum Gasteiger partial charge on any atom is 0.316 e. The van der Waals surface area contributed by atoms with Crippen molar-refractivity contribution in [2.75, 3.05) is 7.11 Å². The average Bonchev–Trinajstić information content (AvgIpc) is 2.45. The first-order valence-corrected chi connectivity index (χ1v) is 6.60. The van der Waals surface area contributed by atoms with E-state index in [0.717, 1.165) is 7.11 Å². The predicted molar refractivity (Wildman–Crippen MR) is 77.3 cm³/mol. The van der Waals surface area contributed by atoms with E-state index in [1.807, 2.05) is 0 Å². The van der Waals surface area contributed by atoms with Crippen LogP contribution >= 0.6 is 0 Å². The van der Waals surface area contributed by atoms with Gasteiger partial charge >= 0.3 is 5.97 Å². The molecule has 7 heteroatoms. The van der Waals surface area contributed by atoms with Crippen molar-refractivity contribution in [3.63, 3.8) is 0 Å². The molecule has 0 aliphatic rings. The number of non-ortho nitro benzene ring substituents is 1. The number of hydrogen-bond donors (Lipinski definition) is 0. The Hall–Kier alpha value is -2.57. The highest BCUT2D eigenvalue weighted by Crippen LogP contribution is 2.32. The Morgan fingerprint density at radius 1 is 1.27 bits per heavy atom. The summed E-state index contributed by atoms with van der Waals surface area (Å²) in [5.41, 5.74) is 0.216. The topological polar surface area (TPSA) is 104 Å². The summed E-state index contributed by atoms with van der Waals surface area (Å²) in [5, 5.41) is 10.9. The van der Waals surface area contributed by atoms with Crippen molar-refractivity contribution >= 4 is 23.2 Å². The maximum atomic E-state index is 11.9. The molecular formula is C15H17NO6. The van der Waals surface area contributed by atoms with Gasteiger partial charge in [0.05, 0.1) is 12.0 Å². The van der Waals surface area contributed by atoms with E-state index in [-0.39, 0.29) is 17.9 Å². The Morgan fingerprint density at radius 3 is 2.36 bits per heavy atom. The number of methoxy groups -OCH3 is 1. The van der Waals surface area contributed by atoms with Crippen LogP contribution in [0.25, 0.3) is 0 Å². The van der Waals surface area contributed by atoms with Gasteiger partial charge in [-0.25, -0.2) is 0 Å². The Labute approximate surface area is 127 Å². The van der Waals surface area contributed by atoms with E-state index < -0.39 is 28.5 Å². The van der Waals surface area contributed by atoms with Crippen LogP contribution < -0.4 is 0 Å². The first-order chi connectivity index (χ1) is 10.3. The smallest absolute Gasteiger partial charge is 0.316 e. The molecule has 1 aromatic rings. The normalized spacial score (nSPS) is 13.0. The van der Waals surface area contributed by atoms with Crippen molar-refractivity contribution in [3.05, 3.63) is 39.9 Å². The van der Waals surface area contributed by atoms with E-state index in [4.69, 9.17) is 0 Å². The molecule has 0 heterocycles. The van der Waals surface area contributed by atoms with Gasteiger partial charge in [-0.1, -0.05) is 12.1 Å². The molecule has 7 nitrogen and oxygen atoms in total. The molecule has 0 fully saturated rings.